The molecule has 0 aliphatic heterocycles. The number of ether oxygens (including phenoxy) is 2. The SMILES string of the molecule is CC(C)(C)OC(=O)N(CC#CC(=O)C1CC1)C(=O)OC(C)(C)C. The summed E-state index contributed by atoms with van der Waals surface area (Å²) in [4.78, 5) is 36.6. The summed E-state index contributed by atoms with van der Waals surface area (Å²) in [5.41, 5.74) is -1.51. The minimum atomic E-state index is -0.847. The third kappa shape index (κ3) is 7.68. The summed E-state index contributed by atoms with van der Waals surface area (Å²) in [5, 5.41) is 0. The maximum atomic E-state index is 12.2. The van der Waals surface area contributed by atoms with Gasteiger partial charge in [-0.1, -0.05) is 5.92 Å². The monoisotopic (exact) mass is 323 g/mol. The number of hydrogen-bond acceptors (Lipinski definition) is 5. The van der Waals surface area contributed by atoms with Crippen LogP contribution >= 0.6 is 0 Å². The van der Waals surface area contributed by atoms with Crippen molar-refractivity contribution in [1.82, 2.24) is 4.90 Å². The van der Waals surface area contributed by atoms with Crippen molar-refractivity contribution in [2.45, 2.75) is 65.6 Å². The summed E-state index contributed by atoms with van der Waals surface area (Å²) in [6.07, 6.45) is 0.0184. The van der Waals surface area contributed by atoms with Gasteiger partial charge in [-0.25, -0.2) is 14.5 Å². The summed E-state index contributed by atoms with van der Waals surface area (Å²) in [6, 6.07) is 0. The first-order chi connectivity index (χ1) is 10.4. The fourth-order valence-electron chi connectivity index (χ4n) is 1.49. The predicted octanol–water partition coefficient (Wildman–Crippen LogP) is 3.14. The highest BCUT2D eigenvalue weighted by Gasteiger charge is 2.31. The van der Waals surface area contributed by atoms with Gasteiger partial charge in [0.05, 0.1) is 6.54 Å². The van der Waals surface area contributed by atoms with Crippen molar-refractivity contribution in [3.8, 4) is 11.8 Å². The third-order valence-corrected chi connectivity index (χ3v) is 2.62. The molecule has 0 heterocycles. The molecule has 1 rings (SSSR count). The standard InChI is InChI=1S/C17H25NO5/c1-16(2,3)22-14(20)18(15(21)23-17(4,5)6)11-7-8-13(19)12-9-10-12/h12H,9-11H2,1-6H3. The second kappa shape index (κ2) is 7.03. The fourth-order valence-corrected chi connectivity index (χ4v) is 1.49. The number of carbonyl (C=O) groups is 3. The summed E-state index contributed by atoms with van der Waals surface area (Å²) in [6.45, 7) is 9.92. The maximum Gasteiger partial charge on any atom is 0.420 e. The van der Waals surface area contributed by atoms with Crippen molar-refractivity contribution in [3.05, 3.63) is 0 Å². The van der Waals surface area contributed by atoms with Crippen molar-refractivity contribution in [2.75, 3.05) is 6.54 Å². The quantitative estimate of drug-likeness (QED) is 0.576. The zero-order valence-corrected chi connectivity index (χ0v) is 14.7. The Bertz CT molecular complexity index is 510. The largest absolute Gasteiger partial charge is 0.443 e. The predicted molar refractivity (Wildman–Crippen MR) is 84.7 cm³/mol. The number of rotatable bonds is 2. The lowest BCUT2D eigenvalue weighted by Gasteiger charge is -2.27. The van der Waals surface area contributed by atoms with Gasteiger partial charge in [-0.2, -0.15) is 0 Å². The average molecular weight is 323 g/mol. The highest BCUT2D eigenvalue weighted by atomic mass is 16.6. The van der Waals surface area contributed by atoms with Crippen molar-refractivity contribution in [2.24, 2.45) is 5.92 Å². The molecule has 0 bridgehead atoms. The zero-order valence-electron chi connectivity index (χ0n) is 14.7. The molecule has 1 aliphatic rings. The van der Waals surface area contributed by atoms with Crippen LogP contribution in [-0.4, -0.2) is 40.6 Å². The van der Waals surface area contributed by atoms with E-state index in [0.29, 0.717) is 0 Å². The first-order valence-electron chi connectivity index (χ1n) is 7.65. The number of imide groups is 1. The molecule has 0 saturated heterocycles. The van der Waals surface area contributed by atoms with Crippen LogP contribution in [0.5, 0.6) is 0 Å². The van der Waals surface area contributed by atoms with Gasteiger partial charge in [0.1, 0.15) is 11.2 Å². The van der Waals surface area contributed by atoms with Gasteiger partial charge in [-0.05, 0) is 60.3 Å². The maximum absolute atomic E-state index is 12.2. The normalized spacial score (nSPS) is 14.3. The molecule has 0 aromatic rings. The lowest BCUT2D eigenvalue weighted by molar-refractivity contribution is -0.114. The molecule has 0 aromatic heterocycles. The van der Waals surface area contributed by atoms with Gasteiger partial charge in [-0.3, -0.25) is 4.79 Å². The molecule has 1 saturated carbocycles. The highest BCUT2D eigenvalue weighted by Crippen LogP contribution is 2.29. The third-order valence-electron chi connectivity index (χ3n) is 2.62. The second-order valence-electron chi connectivity index (χ2n) is 7.49. The fraction of sp³-hybridized carbons (Fsp3) is 0.706. The van der Waals surface area contributed by atoms with Gasteiger partial charge in [-0.15, -0.1) is 0 Å². The van der Waals surface area contributed by atoms with E-state index in [-0.39, 0.29) is 18.2 Å². The Morgan fingerprint density at radius 3 is 1.74 bits per heavy atom. The van der Waals surface area contributed by atoms with Crippen LogP contribution in [0.25, 0.3) is 0 Å². The van der Waals surface area contributed by atoms with E-state index in [4.69, 9.17) is 9.47 Å². The van der Waals surface area contributed by atoms with E-state index >= 15 is 0 Å². The van der Waals surface area contributed by atoms with Crippen LogP contribution in [0.15, 0.2) is 0 Å². The number of carbonyl (C=O) groups excluding carboxylic acids is 3. The Morgan fingerprint density at radius 1 is 0.957 bits per heavy atom. The Balaban J connectivity index is 2.80. The van der Waals surface area contributed by atoms with Crippen LogP contribution in [-0.2, 0) is 14.3 Å². The van der Waals surface area contributed by atoms with Crippen LogP contribution < -0.4 is 0 Å². The number of Topliss-reactive ketones (excluding diaryl/α,β-unsaturated/α-hetero) is 1. The van der Waals surface area contributed by atoms with Crippen molar-refractivity contribution in [1.29, 1.82) is 0 Å². The van der Waals surface area contributed by atoms with Gasteiger partial charge >= 0.3 is 12.2 Å². The molecule has 2 amide bonds. The Morgan fingerprint density at radius 2 is 1.39 bits per heavy atom. The Kier molecular flexibility index (Phi) is 5.81. The summed E-state index contributed by atoms with van der Waals surface area (Å²) in [5.74, 6) is 4.89. The lowest BCUT2D eigenvalue weighted by Crippen LogP contribution is -2.43. The molecule has 23 heavy (non-hydrogen) atoms. The topological polar surface area (TPSA) is 72.9 Å². The van der Waals surface area contributed by atoms with Crippen LogP contribution in [0.3, 0.4) is 0 Å². The van der Waals surface area contributed by atoms with Gasteiger partial charge < -0.3 is 9.47 Å². The lowest BCUT2D eigenvalue weighted by atomic mass is 10.2. The van der Waals surface area contributed by atoms with Crippen molar-refractivity contribution in [3.63, 3.8) is 0 Å². The first-order valence-corrected chi connectivity index (χ1v) is 7.65. The average Bonchev–Trinajstić information content (AvgIpc) is 3.13. The second-order valence-corrected chi connectivity index (χ2v) is 7.49. The van der Waals surface area contributed by atoms with E-state index in [2.05, 4.69) is 11.8 Å². The van der Waals surface area contributed by atoms with Crippen molar-refractivity contribution < 1.29 is 23.9 Å². The molecule has 1 fully saturated rings. The zero-order chi connectivity index (χ0) is 17.8. The number of amides is 2. The molecule has 6 heteroatoms. The molecule has 0 aromatic carbocycles. The van der Waals surface area contributed by atoms with Gasteiger partial charge in [0.25, 0.3) is 0 Å². The van der Waals surface area contributed by atoms with Crippen LogP contribution in [0.4, 0.5) is 9.59 Å². The molecular formula is C17H25NO5. The first kappa shape index (κ1) is 19.0. The van der Waals surface area contributed by atoms with Gasteiger partial charge in [0, 0.05) is 5.92 Å². The van der Waals surface area contributed by atoms with E-state index in [0.717, 1.165) is 17.7 Å². The molecule has 0 unspecified atom stereocenters. The Hall–Kier alpha value is -2.03. The molecule has 128 valence electrons. The Labute approximate surface area is 137 Å². The summed E-state index contributed by atoms with van der Waals surface area (Å²) >= 11 is 0. The number of nitrogens with zero attached hydrogens (tertiary/aromatic N) is 1. The smallest absolute Gasteiger partial charge is 0.420 e. The van der Waals surface area contributed by atoms with E-state index < -0.39 is 23.4 Å². The summed E-state index contributed by atoms with van der Waals surface area (Å²) < 4.78 is 10.4. The highest BCUT2D eigenvalue weighted by molar-refractivity contribution is 5.99. The van der Waals surface area contributed by atoms with E-state index in [1.165, 1.54) is 0 Å². The number of ketones is 1. The van der Waals surface area contributed by atoms with E-state index in [1.54, 1.807) is 41.5 Å². The number of hydrogen-bond donors (Lipinski definition) is 0. The van der Waals surface area contributed by atoms with Crippen LogP contribution in [0.2, 0.25) is 0 Å². The minimum absolute atomic E-state index is 0.0130. The van der Waals surface area contributed by atoms with Gasteiger partial charge in [0.15, 0.2) is 0 Å². The molecule has 0 radical (unpaired) electrons. The molecule has 6 nitrogen and oxygen atoms in total. The van der Waals surface area contributed by atoms with Gasteiger partial charge in [0.2, 0.25) is 5.78 Å². The molecule has 0 N–H and O–H groups in total. The van der Waals surface area contributed by atoms with E-state index in [1.807, 2.05) is 0 Å². The van der Waals surface area contributed by atoms with Crippen molar-refractivity contribution >= 4 is 18.0 Å². The van der Waals surface area contributed by atoms with Crippen LogP contribution in [0.1, 0.15) is 54.4 Å². The van der Waals surface area contributed by atoms with E-state index in [9.17, 15) is 14.4 Å². The molecule has 0 spiro atoms. The molecule has 0 atom stereocenters. The molecular weight excluding hydrogens is 298 g/mol. The summed E-state index contributed by atoms with van der Waals surface area (Å²) in [7, 11) is 0. The minimum Gasteiger partial charge on any atom is -0.443 e. The van der Waals surface area contributed by atoms with Crippen LogP contribution in [0, 0.1) is 17.8 Å². The molecule has 1 aliphatic carbocycles.